The lowest BCUT2D eigenvalue weighted by Crippen LogP contribution is -2.32. The average Bonchev–Trinajstić information content (AvgIpc) is 3.56. The molecule has 2 aliphatic rings. The van der Waals surface area contributed by atoms with Crippen molar-refractivity contribution in [3.63, 3.8) is 0 Å². The molecule has 6 nitrogen and oxygen atoms in total. The van der Waals surface area contributed by atoms with Gasteiger partial charge in [0.15, 0.2) is 17.3 Å². The van der Waals surface area contributed by atoms with Crippen LogP contribution in [0.15, 0.2) is 47.0 Å². The van der Waals surface area contributed by atoms with Gasteiger partial charge in [0.2, 0.25) is 0 Å². The van der Waals surface area contributed by atoms with E-state index in [4.69, 9.17) is 14.0 Å². The largest absolute Gasteiger partial charge is 0.493 e. The zero-order valence-corrected chi connectivity index (χ0v) is 20.4. The zero-order valence-electron chi connectivity index (χ0n) is 20.4. The Kier molecular flexibility index (Phi) is 6.79. The minimum Gasteiger partial charge on any atom is -0.493 e. The Labute approximate surface area is 206 Å². The Balaban J connectivity index is 1.49. The summed E-state index contributed by atoms with van der Waals surface area (Å²) in [5.74, 6) is 9.66. The van der Waals surface area contributed by atoms with E-state index >= 15 is 0 Å². The van der Waals surface area contributed by atoms with Crippen LogP contribution in [0.5, 0.6) is 11.5 Å². The van der Waals surface area contributed by atoms with Crippen LogP contribution < -0.4 is 9.47 Å². The highest BCUT2D eigenvalue weighted by atomic mass is 16.5. The van der Waals surface area contributed by atoms with E-state index < -0.39 is 0 Å². The Hall–Kier alpha value is -3.30. The molecule has 2 aliphatic carbocycles. The molecule has 0 aliphatic heterocycles. The predicted molar refractivity (Wildman–Crippen MR) is 133 cm³/mol. The lowest BCUT2D eigenvalue weighted by atomic mass is 9.69. The van der Waals surface area contributed by atoms with Gasteiger partial charge in [-0.2, -0.15) is 4.98 Å². The SMILES string of the molecule is COc1ccc(C2(C#Cc3cccc(-c4nc(C)no4)c3)CCC(O)CC2)cc1OC1CCCC1. The Morgan fingerprint density at radius 3 is 2.54 bits per heavy atom. The molecule has 5 rings (SSSR count). The minimum atomic E-state index is -0.365. The number of hydrogen-bond acceptors (Lipinski definition) is 6. The second-order valence-electron chi connectivity index (χ2n) is 9.68. The van der Waals surface area contributed by atoms with E-state index in [9.17, 15) is 5.11 Å². The first-order chi connectivity index (χ1) is 17.0. The fraction of sp³-hybridized carbons (Fsp3) is 0.448. The first-order valence-corrected chi connectivity index (χ1v) is 12.5. The maximum atomic E-state index is 10.2. The molecule has 1 heterocycles. The van der Waals surface area contributed by atoms with Gasteiger partial charge in [-0.1, -0.05) is 29.1 Å². The summed E-state index contributed by atoms with van der Waals surface area (Å²) in [5, 5.41) is 14.1. The lowest BCUT2D eigenvalue weighted by Gasteiger charge is -2.35. The second-order valence-corrected chi connectivity index (χ2v) is 9.68. The first kappa shape index (κ1) is 23.4. The van der Waals surface area contributed by atoms with Gasteiger partial charge < -0.3 is 19.1 Å². The van der Waals surface area contributed by atoms with Gasteiger partial charge in [-0.05, 0) is 94.2 Å². The van der Waals surface area contributed by atoms with Crippen molar-refractivity contribution in [2.24, 2.45) is 0 Å². The number of hydrogen-bond donors (Lipinski definition) is 1. The van der Waals surface area contributed by atoms with Crippen molar-refractivity contribution in [3.8, 4) is 34.8 Å². The first-order valence-electron chi connectivity index (χ1n) is 12.5. The van der Waals surface area contributed by atoms with Gasteiger partial charge in [-0.25, -0.2) is 0 Å². The van der Waals surface area contributed by atoms with Crippen molar-refractivity contribution in [2.75, 3.05) is 7.11 Å². The van der Waals surface area contributed by atoms with Crippen molar-refractivity contribution in [2.45, 2.75) is 75.9 Å². The standard InChI is InChI=1S/C29H32N2O4/c1-20-30-28(35-31-20)22-7-5-6-21(18-22)12-15-29(16-13-24(32)14-17-29)23-10-11-26(33-2)27(19-23)34-25-8-3-4-9-25/h5-7,10-11,18-19,24-25,32H,3-4,8-9,13-14,16-17H2,1-2H3. The zero-order chi connectivity index (χ0) is 24.3. The van der Waals surface area contributed by atoms with E-state index in [0.29, 0.717) is 11.7 Å². The summed E-state index contributed by atoms with van der Waals surface area (Å²) in [6, 6.07) is 14.1. The van der Waals surface area contributed by atoms with Crippen molar-refractivity contribution in [1.82, 2.24) is 10.1 Å². The number of methoxy groups -OCH3 is 1. The fourth-order valence-corrected chi connectivity index (χ4v) is 5.17. The van der Waals surface area contributed by atoms with E-state index in [0.717, 1.165) is 66.7 Å². The van der Waals surface area contributed by atoms with Crippen LogP contribution in [0.25, 0.3) is 11.5 Å². The number of ether oxygens (including phenoxy) is 2. The lowest BCUT2D eigenvalue weighted by molar-refractivity contribution is 0.110. The average molecular weight is 473 g/mol. The Bertz CT molecular complexity index is 1220. The normalized spacial score (nSPS) is 22.4. The molecule has 2 fully saturated rings. The van der Waals surface area contributed by atoms with Gasteiger partial charge in [0.25, 0.3) is 5.89 Å². The predicted octanol–water partition coefficient (Wildman–Crippen LogP) is 5.60. The van der Waals surface area contributed by atoms with Gasteiger partial charge in [0.05, 0.1) is 24.7 Å². The number of aryl methyl sites for hydroxylation is 1. The maximum Gasteiger partial charge on any atom is 0.257 e. The van der Waals surface area contributed by atoms with Crippen molar-refractivity contribution >= 4 is 0 Å². The topological polar surface area (TPSA) is 77.6 Å². The number of rotatable bonds is 5. The summed E-state index contributed by atoms with van der Waals surface area (Å²) in [7, 11) is 1.68. The number of nitrogens with zero attached hydrogens (tertiary/aromatic N) is 2. The summed E-state index contributed by atoms with van der Waals surface area (Å²) >= 11 is 0. The number of aromatic nitrogens is 2. The molecule has 182 valence electrons. The summed E-state index contributed by atoms with van der Waals surface area (Å²) in [6.45, 7) is 1.80. The molecule has 0 amide bonds. The third kappa shape index (κ3) is 5.21. The molecular weight excluding hydrogens is 440 g/mol. The molecule has 1 aromatic heterocycles. The molecule has 0 bridgehead atoms. The molecule has 1 N–H and O–H groups in total. The summed E-state index contributed by atoms with van der Waals surface area (Å²) in [6.07, 6.45) is 7.58. The molecule has 0 spiro atoms. The van der Waals surface area contributed by atoms with Crippen LogP contribution >= 0.6 is 0 Å². The Morgan fingerprint density at radius 1 is 1.03 bits per heavy atom. The molecule has 35 heavy (non-hydrogen) atoms. The monoisotopic (exact) mass is 472 g/mol. The van der Waals surface area contributed by atoms with Crippen LogP contribution in [-0.4, -0.2) is 34.6 Å². The number of aliphatic hydroxyl groups excluding tert-OH is 1. The van der Waals surface area contributed by atoms with E-state index in [-0.39, 0.29) is 17.6 Å². The molecule has 6 heteroatoms. The highest BCUT2D eigenvalue weighted by molar-refractivity contribution is 5.57. The molecular formula is C29H32N2O4. The van der Waals surface area contributed by atoms with Gasteiger partial charge in [-0.3, -0.25) is 0 Å². The second kappa shape index (κ2) is 10.1. The summed E-state index contributed by atoms with van der Waals surface area (Å²) in [5.41, 5.74) is 2.49. The van der Waals surface area contributed by atoms with Crippen molar-refractivity contribution in [3.05, 3.63) is 59.4 Å². The highest BCUT2D eigenvalue weighted by Gasteiger charge is 2.36. The smallest absolute Gasteiger partial charge is 0.257 e. The molecule has 3 aromatic rings. The summed E-state index contributed by atoms with van der Waals surface area (Å²) < 4.78 is 17.3. The number of benzene rings is 2. The van der Waals surface area contributed by atoms with E-state index in [1.165, 1.54) is 12.8 Å². The fourth-order valence-electron chi connectivity index (χ4n) is 5.17. The van der Waals surface area contributed by atoms with Crippen LogP contribution in [0, 0.1) is 18.8 Å². The molecule has 2 saturated carbocycles. The van der Waals surface area contributed by atoms with Crippen LogP contribution in [-0.2, 0) is 5.41 Å². The van der Waals surface area contributed by atoms with Gasteiger partial charge >= 0.3 is 0 Å². The third-order valence-corrected chi connectivity index (χ3v) is 7.20. The van der Waals surface area contributed by atoms with Crippen LogP contribution in [0.3, 0.4) is 0 Å². The van der Waals surface area contributed by atoms with Gasteiger partial charge in [-0.15, -0.1) is 0 Å². The van der Waals surface area contributed by atoms with Crippen LogP contribution in [0.2, 0.25) is 0 Å². The molecule has 2 aromatic carbocycles. The third-order valence-electron chi connectivity index (χ3n) is 7.20. The van der Waals surface area contributed by atoms with Gasteiger partial charge in [0.1, 0.15) is 0 Å². The van der Waals surface area contributed by atoms with E-state index in [1.807, 2.05) is 30.3 Å². The highest BCUT2D eigenvalue weighted by Crippen LogP contribution is 2.43. The minimum absolute atomic E-state index is 0.241. The Morgan fingerprint density at radius 2 is 1.83 bits per heavy atom. The number of aliphatic hydroxyl groups is 1. The van der Waals surface area contributed by atoms with Crippen molar-refractivity contribution in [1.29, 1.82) is 0 Å². The maximum absolute atomic E-state index is 10.2. The summed E-state index contributed by atoms with van der Waals surface area (Å²) in [4.78, 5) is 4.33. The van der Waals surface area contributed by atoms with E-state index in [1.54, 1.807) is 14.0 Å². The van der Waals surface area contributed by atoms with Crippen LogP contribution in [0.4, 0.5) is 0 Å². The molecule has 0 unspecified atom stereocenters. The van der Waals surface area contributed by atoms with Crippen LogP contribution in [0.1, 0.15) is 68.3 Å². The molecule has 0 saturated heterocycles. The molecule has 0 atom stereocenters. The van der Waals surface area contributed by atoms with E-state index in [2.05, 4.69) is 34.1 Å². The van der Waals surface area contributed by atoms with Crippen molar-refractivity contribution < 1.29 is 19.1 Å². The van der Waals surface area contributed by atoms with Gasteiger partial charge in [0, 0.05) is 11.1 Å². The quantitative estimate of drug-likeness (QED) is 0.487. The molecule has 0 radical (unpaired) electrons.